The molecule has 0 saturated heterocycles. The van der Waals surface area contributed by atoms with Crippen LogP contribution >= 0.6 is 11.6 Å². The van der Waals surface area contributed by atoms with Crippen molar-refractivity contribution in [3.05, 3.63) is 101 Å². The van der Waals surface area contributed by atoms with E-state index in [-0.39, 0.29) is 17.6 Å². The van der Waals surface area contributed by atoms with Crippen LogP contribution in [0.25, 0.3) is 0 Å². The van der Waals surface area contributed by atoms with Crippen LogP contribution in [0.5, 0.6) is 5.75 Å². The van der Waals surface area contributed by atoms with Gasteiger partial charge in [-0.1, -0.05) is 41.9 Å². The number of benzene rings is 3. The van der Waals surface area contributed by atoms with E-state index in [9.17, 15) is 22.8 Å². The number of carbonyl (C=O) groups excluding carboxylic acids is 2. The van der Waals surface area contributed by atoms with Crippen molar-refractivity contribution in [3.63, 3.8) is 0 Å². The molecule has 0 aliphatic heterocycles. The number of amides is 3. The molecule has 0 aliphatic rings. The first-order valence-electron chi connectivity index (χ1n) is 10.4. The summed E-state index contributed by atoms with van der Waals surface area (Å²) in [5.74, 6) is 0.0795. The van der Waals surface area contributed by atoms with E-state index >= 15 is 0 Å². The number of anilines is 2. The molecule has 3 aromatic rings. The minimum atomic E-state index is -4.64. The van der Waals surface area contributed by atoms with Gasteiger partial charge in [0.1, 0.15) is 5.75 Å². The first-order valence-corrected chi connectivity index (χ1v) is 10.7. The zero-order valence-corrected chi connectivity index (χ0v) is 19.2. The van der Waals surface area contributed by atoms with Gasteiger partial charge in [0, 0.05) is 17.5 Å². The molecule has 182 valence electrons. The van der Waals surface area contributed by atoms with Gasteiger partial charge in [0.05, 0.1) is 22.9 Å². The molecule has 3 amide bonds. The number of ether oxygens (including phenoxy) is 1. The number of nitrogens with one attached hydrogen (secondary N) is 3. The van der Waals surface area contributed by atoms with Gasteiger partial charge in [-0.05, 0) is 55.0 Å². The Morgan fingerprint density at radius 1 is 0.943 bits per heavy atom. The average molecular weight is 504 g/mol. The van der Waals surface area contributed by atoms with Crippen molar-refractivity contribution < 1.29 is 27.5 Å². The van der Waals surface area contributed by atoms with Gasteiger partial charge in [-0.3, -0.25) is 4.79 Å². The topological polar surface area (TPSA) is 79.5 Å². The fraction of sp³-hybridized carbons (Fsp3) is 0.120. The van der Waals surface area contributed by atoms with E-state index in [2.05, 4.69) is 16.0 Å². The van der Waals surface area contributed by atoms with Crippen LogP contribution in [0.4, 0.5) is 29.3 Å². The summed E-state index contributed by atoms with van der Waals surface area (Å²) in [6.07, 6.45) is -2.16. The molecule has 6 nitrogen and oxygen atoms in total. The lowest BCUT2D eigenvalue weighted by Gasteiger charge is -2.12. The van der Waals surface area contributed by atoms with E-state index in [1.165, 1.54) is 30.5 Å². The molecule has 1 atom stereocenters. The van der Waals surface area contributed by atoms with Crippen molar-refractivity contribution in [2.75, 3.05) is 10.6 Å². The van der Waals surface area contributed by atoms with E-state index in [0.29, 0.717) is 11.4 Å². The highest BCUT2D eigenvalue weighted by Crippen LogP contribution is 2.36. The van der Waals surface area contributed by atoms with Gasteiger partial charge in [0.15, 0.2) is 0 Å². The number of halogens is 4. The van der Waals surface area contributed by atoms with Crippen molar-refractivity contribution >= 4 is 34.9 Å². The maximum Gasteiger partial charge on any atom is 0.417 e. The van der Waals surface area contributed by atoms with Gasteiger partial charge in [-0.25, -0.2) is 4.79 Å². The Hall–Kier alpha value is -3.98. The summed E-state index contributed by atoms with van der Waals surface area (Å²) in [5, 5.41) is 7.18. The summed E-state index contributed by atoms with van der Waals surface area (Å²) in [6, 6.07) is 17.8. The summed E-state index contributed by atoms with van der Waals surface area (Å²) in [6.45, 7) is 1.87. The van der Waals surface area contributed by atoms with Gasteiger partial charge in [-0.15, -0.1) is 0 Å². The maximum absolute atomic E-state index is 13.0. The second-order valence-corrected chi connectivity index (χ2v) is 7.76. The third-order valence-corrected chi connectivity index (χ3v) is 5.05. The lowest BCUT2D eigenvalue weighted by Crippen LogP contribution is -2.24. The molecule has 0 heterocycles. The zero-order chi connectivity index (χ0) is 25.4. The fourth-order valence-corrected chi connectivity index (χ4v) is 3.22. The highest BCUT2D eigenvalue weighted by molar-refractivity contribution is 6.31. The Labute approximate surface area is 204 Å². The molecular formula is C25H21ClF3N3O3. The van der Waals surface area contributed by atoms with E-state index in [4.69, 9.17) is 16.3 Å². The lowest BCUT2D eigenvalue weighted by atomic mass is 10.1. The largest absolute Gasteiger partial charge is 0.465 e. The summed E-state index contributed by atoms with van der Waals surface area (Å²) in [4.78, 5) is 24.2. The lowest BCUT2D eigenvalue weighted by molar-refractivity contribution is -0.137. The number of rotatable bonds is 7. The van der Waals surface area contributed by atoms with E-state index in [1.807, 2.05) is 37.3 Å². The van der Waals surface area contributed by atoms with E-state index < -0.39 is 22.8 Å². The molecule has 3 N–H and O–H groups in total. The fourth-order valence-electron chi connectivity index (χ4n) is 2.99. The van der Waals surface area contributed by atoms with Crippen molar-refractivity contribution in [2.45, 2.75) is 19.1 Å². The number of alkyl halides is 3. The number of urea groups is 1. The van der Waals surface area contributed by atoms with Crippen LogP contribution in [0.15, 0.2) is 85.1 Å². The standard InChI is InChI=1S/C25H21ClF3N3O3/c1-16(17-5-3-2-4-6-17)30-23(33)13-14-35-20-10-7-18(8-11-20)31-24(34)32-19-9-12-22(26)21(15-19)25(27,28)29/h2-16H,1H3,(H,30,33)(H2,31,32,34)/b14-13+. The van der Waals surface area contributed by atoms with Crippen molar-refractivity contribution in [1.29, 1.82) is 0 Å². The van der Waals surface area contributed by atoms with Crippen LogP contribution in [-0.2, 0) is 11.0 Å². The molecule has 3 aromatic carbocycles. The smallest absolute Gasteiger partial charge is 0.417 e. The van der Waals surface area contributed by atoms with Crippen LogP contribution in [0.2, 0.25) is 5.02 Å². The second-order valence-electron chi connectivity index (χ2n) is 7.36. The Bertz CT molecular complexity index is 1200. The Morgan fingerprint density at radius 3 is 2.23 bits per heavy atom. The average Bonchev–Trinajstić information content (AvgIpc) is 2.81. The monoisotopic (exact) mass is 503 g/mol. The molecule has 0 aromatic heterocycles. The Balaban J connectivity index is 1.49. The number of hydrogen-bond donors (Lipinski definition) is 3. The quantitative estimate of drug-likeness (QED) is 0.246. The van der Waals surface area contributed by atoms with Gasteiger partial charge in [0.25, 0.3) is 0 Å². The van der Waals surface area contributed by atoms with Crippen molar-refractivity contribution in [2.24, 2.45) is 0 Å². The molecule has 10 heteroatoms. The molecule has 1 unspecified atom stereocenters. The predicted octanol–water partition coefficient (Wildman–Crippen LogP) is 6.77. The highest BCUT2D eigenvalue weighted by Gasteiger charge is 2.33. The van der Waals surface area contributed by atoms with E-state index in [1.54, 1.807) is 12.1 Å². The second kappa shape index (κ2) is 11.4. The predicted molar refractivity (Wildman–Crippen MR) is 128 cm³/mol. The Kier molecular flexibility index (Phi) is 8.38. The third-order valence-electron chi connectivity index (χ3n) is 4.72. The van der Waals surface area contributed by atoms with E-state index in [0.717, 1.165) is 17.7 Å². The third kappa shape index (κ3) is 7.79. The molecule has 0 spiro atoms. The molecular weight excluding hydrogens is 483 g/mol. The summed E-state index contributed by atoms with van der Waals surface area (Å²) < 4.78 is 44.3. The summed E-state index contributed by atoms with van der Waals surface area (Å²) in [7, 11) is 0. The van der Waals surface area contributed by atoms with Gasteiger partial charge < -0.3 is 20.7 Å². The number of carbonyl (C=O) groups is 2. The highest BCUT2D eigenvalue weighted by atomic mass is 35.5. The van der Waals surface area contributed by atoms with Crippen LogP contribution in [0.3, 0.4) is 0 Å². The van der Waals surface area contributed by atoms with Crippen molar-refractivity contribution in [1.82, 2.24) is 5.32 Å². The molecule has 0 fully saturated rings. The summed E-state index contributed by atoms with van der Waals surface area (Å²) in [5.41, 5.74) is 0.233. The minimum absolute atomic E-state index is 0.0656. The van der Waals surface area contributed by atoms with Crippen LogP contribution in [0.1, 0.15) is 24.1 Å². The van der Waals surface area contributed by atoms with Gasteiger partial charge in [-0.2, -0.15) is 13.2 Å². The van der Waals surface area contributed by atoms with Gasteiger partial charge >= 0.3 is 12.2 Å². The Morgan fingerprint density at radius 2 is 1.57 bits per heavy atom. The molecule has 0 saturated carbocycles. The molecule has 0 aliphatic carbocycles. The molecule has 0 bridgehead atoms. The van der Waals surface area contributed by atoms with Crippen molar-refractivity contribution in [3.8, 4) is 5.75 Å². The molecule has 35 heavy (non-hydrogen) atoms. The zero-order valence-electron chi connectivity index (χ0n) is 18.4. The molecule has 0 radical (unpaired) electrons. The number of hydrogen-bond acceptors (Lipinski definition) is 3. The first kappa shape index (κ1) is 25.6. The van der Waals surface area contributed by atoms with Gasteiger partial charge in [0.2, 0.25) is 5.91 Å². The SMILES string of the molecule is CC(NC(=O)/C=C/Oc1ccc(NC(=O)Nc2ccc(Cl)c(C(F)(F)F)c2)cc1)c1ccccc1. The molecule has 3 rings (SSSR count). The summed E-state index contributed by atoms with van der Waals surface area (Å²) >= 11 is 5.58. The normalized spacial score (nSPS) is 12.1. The van der Waals surface area contributed by atoms with Crippen LogP contribution in [0, 0.1) is 0 Å². The van der Waals surface area contributed by atoms with Crippen LogP contribution < -0.4 is 20.7 Å². The minimum Gasteiger partial charge on any atom is -0.465 e. The van der Waals surface area contributed by atoms with Crippen LogP contribution in [-0.4, -0.2) is 11.9 Å². The maximum atomic E-state index is 13.0. The first-order chi connectivity index (χ1) is 16.6.